The number of halogens is 2. The van der Waals surface area contributed by atoms with Gasteiger partial charge in [0.1, 0.15) is 5.82 Å². The summed E-state index contributed by atoms with van der Waals surface area (Å²) < 4.78 is 7.56. The highest BCUT2D eigenvalue weighted by atomic mass is 35.5. The Labute approximate surface area is 173 Å². The summed E-state index contributed by atoms with van der Waals surface area (Å²) in [5.41, 5.74) is 1.77. The van der Waals surface area contributed by atoms with Gasteiger partial charge in [-0.05, 0) is 45.0 Å². The predicted molar refractivity (Wildman–Crippen MR) is 113 cm³/mol. The van der Waals surface area contributed by atoms with Crippen molar-refractivity contribution in [3.8, 4) is 0 Å². The highest BCUT2D eigenvalue weighted by molar-refractivity contribution is 5.85. The molecule has 1 saturated heterocycles. The molecule has 2 N–H and O–H groups in total. The van der Waals surface area contributed by atoms with Crippen LogP contribution in [-0.2, 0) is 22.5 Å². The molecule has 2 heterocycles. The van der Waals surface area contributed by atoms with Gasteiger partial charge in [-0.2, -0.15) is 0 Å². The van der Waals surface area contributed by atoms with Crippen LogP contribution in [0.2, 0.25) is 0 Å². The van der Waals surface area contributed by atoms with Crippen LogP contribution < -0.4 is 10.6 Å². The monoisotopic (exact) mass is 416 g/mol. The molecule has 2 aromatic rings. The first-order valence-electron chi connectivity index (χ1n) is 9.12. The number of carbonyl (C=O) groups excluding carboxylic acids is 1. The van der Waals surface area contributed by atoms with Crippen LogP contribution in [0.3, 0.4) is 0 Å². The van der Waals surface area contributed by atoms with Crippen molar-refractivity contribution >= 4 is 41.8 Å². The molecule has 0 aliphatic carbocycles. The molecule has 0 unspecified atom stereocenters. The number of para-hydroxylation sites is 2. The molecule has 0 saturated carbocycles. The molecule has 27 heavy (non-hydrogen) atoms. The van der Waals surface area contributed by atoms with E-state index in [2.05, 4.69) is 28.2 Å². The van der Waals surface area contributed by atoms with E-state index in [1.165, 1.54) is 0 Å². The fourth-order valence-corrected chi connectivity index (χ4v) is 3.76. The first kappa shape index (κ1) is 23.7. The number of hydrogen-bond donors (Lipinski definition) is 2. The fourth-order valence-electron chi connectivity index (χ4n) is 3.76. The summed E-state index contributed by atoms with van der Waals surface area (Å²) in [5.74, 6) is 1.13. The van der Waals surface area contributed by atoms with E-state index in [0.717, 1.165) is 55.8 Å². The van der Waals surface area contributed by atoms with Crippen LogP contribution >= 0.6 is 24.8 Å². The van der Waals surface area contributed by atoms with E-state index >= 15 is 0 Å². The fraction of sp³-hybridized carbons (Fsp3) is 0.579. The number of nitrogens with zero attached hydrogens (tertiary/aromatic N) is 2. The molecule has 0 spiro atoms. The quantitative estimate of drug-likeness (QED) is 0.727. The van der Waals surface area contributed by atoms with Gasteiger partial charge in [0.25, 0.3) is 0 Å². The van der Waals surface area contributed by atoms with Gasteiger partial charge >= 0.3 is 0 Å². The Morgan fingerprint density at radius 2 is 2.00 bits per heavy atom. The molecule has 1 aliphatic rings. The number of imidazole rings is 1. The second-order valence-electron chi connectivity index (χ2n) is 6.73. The summed E-state index contributed by atoms with van der Waals surface area (Å²) in [6.45, 7) is 5.81. The first-order valence-corrected chi connectivity index (χ1v) is 9.12. The van der Waals surface area contributed by atoms with Crippen LogP contribution in [0.1, 0.15) is 25.6 Å². The second-order valence-corrected chi connectivity index (χ2v) is 6.73. The predicted octanol–water partition coefficient (Wildman–Crippen LogP) is 2.57. The summed E-state index contributed by atoms with van der Waals surface area (Å²) >= 11 is 0. The Bertz CT molecular complexity index is 724. The highest BCUT2D eigenvalue weighted by Crippen LogP contribution is 2.29. The lowest BCUT2D eigenvalue weighted by Crippen LogP contribution is -2.50. The third kappa shape index (κ3) is 5.13. The standard InChI is InChI=1S/C19H28N4O2.2ClH/c1-3-23-16-7-5-4-6-15(16)22-17(23)8-11-21-18(24)19(14-25-2)9-12-20-13-10-19;;/h4-7,20H,3,8-14H2,1-2H3,(H,21,24);2*1H. The van der Waals surface area contributed by atoms with Crippen molar-refractivity contribution in [3.05, 3.63) is 30.1 Å². The largest absolute Gasteiger partial charge is 0.384 e. The summed E-state index contributed by atoms with van der Waals surface area (Å²) in [4.78, 5) is 17.5. The number of carbonyl (C=O) groups is 1. The lowest BCUT2D eigenvalue weighted by Gasteiger charge is -2.35. The number of aromatic nitrogens is 2. The van der Waals surface area contributed by atoms with Crippen LogP contribution in [-0.4, -0.2) is 48.8 Å². The molecule has 1 aliphatic heterocycles. The van der Waals surface area contributed by atoms with E-state index in [1.54, 1.807) is 7.11 Å². The number of methoxy groups -OCH3 is 1. The van der Waals surface area contributed by atoms with Crippen molar-refractivity contribution in [2.24, 2.45) is 5.41 Å². The number of hydrogen-bond acceptors (Lipinski definition) is 4. The minimum atomic E-state index is -0.398. The summed E-state index contributed by atoms with van der Waals surface area (Å²) in [6, 6.07) is 8.17. The van der Waals surface area contributed by atoms with Crippen molar-refractivity contribution in [1.29, 1.82) is 0 Å². The van der Waals surface area contributed by atoms with Crippen molar-refractivity contribution in [1.82, 2.24) is 20.2 Å². The van der Waals surface area contributed by atoms with Crippen LogP contribution in [0.4, 0.5) is 0 Å². The van der Waals surface area contributed by atoms with Crippen LogP contribution in [0.5, 0.6) is 0 Å². The zero-order valence-corrected chi connectivity index (χ0v) is 17.6. The van der Waals surface area contributed by atoms with Gasteiger partial charge < -0.3 is 19.9 Å². The number of amides is 1. The van der Waals surface area contributed by atoms with Gasteiger partial charge in [-0.3, -0.25) is 4.79 Å². The number of nitrogens with one attached hydrogen (secondary N) is 2. The van der Waals surface area contributed by atoms with E-state index in [4.69, 9.17) is 9.72 Å². The molecule has 1 fully saturated rings. The Morgan fingerprint density at radius 1 is 1.30 bits per heavy atom. The smallest absolute Gasteiger partial charge is 0.228 e. The molecule has 1 aromatic carbocycles. The maximum absolute atomic E-state index is 12.8. The van der Waals surface area contributed by atoms with Crippen LogP contribution in [0.25, 0.3) is 11.0 Å². The SMILES string of the molecule is CCn1c(CCNC(=O)C2(COC)CCNCC2)nc2ccccc21.Cl.Cl. The van der Waals surface area contributed by atoms with Crippen molar-refractivity contribution < 1.29 is 9.53 Å². The number of fused-ring (bicyclic) bond motifs is 1. The zero-order chi connectivity index (χ0) is 17.7. The van der Waals surface area contributed by atoms with E-state index in [1.807, 2.05) is 18.2 Å². The zero-order valence-electron chi connectivity index (χ0n) is 16.0. The maximum atomic E-state index is 12.8. The van der Waals surface area contributed by atoms with Gasteiger partial charge in [0.2, 0.25) is 5.91 Å². The van der Waals surface area contributed by atoms with Crippen LogP contribution in [0.15, 0.2) is 24.3 Å². The third-order valence-electron chi connectivity index (χ3n) is 5.15. The molecule has 1 aromatic heterocycles. The Hall–Kier alpha value is -1.34. The Balaban J connectivity index is 0.00000182. The minimum Gasteiger partial charge on any atom is -0.384 e. The molecule has 3 rings (SSSR count). The Kier molecular flexibility index (Phi) is 9.53. The normalized spacial score (nSPS) is 15.6. The lowest BCUT2D eigenvalue weighted by atomic mass is 9.78. The molecular formula is C19H30Cl2N4O2. The number of benzene rings is 1. The number of ether oxygens (including phenoxy) is 1. The molecule has 0 bridgehead atoms. The summed E-state index contributed by atoms with van der Waals surface area (Å²) in [6.07, 6.45) is 2.37. The molecule has 0 radical (unpaired) electrons. The molecule has 8 heteroatoms. The molecule has 1 amide bonds. The highest BCUT2D eigenvalue weighted by Gasteiger charge is 2.39. The summed E-state index contributed by atoms with van der Waals surface area (Å²) in [5, 5.41) is 6.44. The van der Waals surface area contributed by atoms with Crippen LogP contribution in [0, 0.1) is 5.41 Å². The Morgan fingerprint density at radius 3 is 2.67 bits per heavy atom. The number of piperidine rings is 1. The lowest BCUT2D eigenvalue weighted by molar-refractivity contribution is -0.136. The van der Waals surface area contributed by atoms with E-state index in [9.17, 15) is 4.79 Å². The third-order valence-corrected chi connectivity index (χ3v) is 5.15. The van der Waals surface area contributed by atoms with E-state index in [0.29, 0.717) is 13.2 Å². The van der Waals surface area contributed by atoms with E-state index in [-0.39, 0.29) is 30.7 Å². The maximum Gasteiger partial charge on any atom is 0.228 e. The molecule has 152 valence electrons. The minimum absolute atomic E-state index is 0. The van der Waals surface area contributed by atoms with Crippen molar-refractivity contribution in [3.63, 3.8) is 0 Å². The molecule has 0 atom stereocenters. The average Bonchev–Trinajstić information content (AvgIpc) is 3.00. The van der Waals surface area contributed by atoms with Gasteiger partial charge in [0.15, 0.2) is 0 Å². The molecular weight excluding hydrogens is 387 g/mol. The average molecular weight is 417 g/mol. The van der Waals surface area contributed by atoms with E-state index < -0.39 is 5.41 Å². The van der Waals surface area contributed by atoms with Gasteiger partial charge in [-0.15, -0.1) is 24.8 Å². The van der Waals surface area contributed by atoms with Gasteiger partial charge in [0.05, 0.1) is 23.1 Å². The van der Waals surface area contributed by atoms with Gasteiger partial charge in [-0.25, -0.2) is 4.98 Å². The van der Waals surface area contributed by atoms with Gasteiger partial charge in [-0.1, -0.05) is 12.1 Å². The topological polar surface area (TPSA) is 68.2 Å². The molecule has 6 nitrogen and oxygen atoms in total. The number of aryl methyl sites for hydroxylation is 1. The van der Waals surface area contributed by atoms with Crippen molar-refractivity contribution in [2.45, 2.75) is 32.7 Å². The first-order chi connectivity index (χ1) is 12.2. The van der Waals surface area contributed by atoms with Crippen molar-refractivity contribution in [2.75, 3.05) is 33.4 Å². The number of rotatable bonds is 7. The second kappa shape index (κ2) is 10.9. The van der Waals surface area contributed by atoms with Gasteiger partial charge in [0, 0.05) is 26.6 Å². The summed E-state index contributed by atoms with van der Waals surface area (Å²) in [7, 11) is 1.67.